The predicted octanol–water partition coefficient (Wildman–Crippen LogP) is 3.40. The van der Waals surface area contributed by atoms with Gasteiger partial charge < -0.3 is 9.84 Å². The highest BCUT2D eigenvalue weighted by Crippen LogP contribution is 2.26. The number of aromatic hydroxyl groups is 1. The Morgan fingerprint density at radius 3 is 2.75 bits per heavy atom. The van der Waals surface area contributed by atoms with E-state index >= 15 is 0 Å². The highest BCUT2D eigenvalue weighted by Gasteiger charge is 2.15. The van der Waals surface area contributed by atoms with Gasteiger partial charge >= 0.3 is 0 Å². The molecule has 0 bridgehead atoms. The number of phenols is 1. The standard InChI is InChI=1S/C18H18N2O3S/c1-11-6-13(4-5-16(11)21)17(22)10-24-18-15(8-19)14(9-23-3)7-12(2)20-18/h4-7,21H,9-10H2,1-3H3. The molecule has 0 radical (unpaired) electrons. The third kappa shape index (κ3) is 4.13. The van der Waals surface area contributed by atoms with Crippen LogP contribution in [0.4, 0.5) is 0 Å². The number of thioether (sulfide) groups is 1. The summed E-state index contributed by atoms with van der Waals surface area (Å²) >= 11 is 1.24. The number of aryl methyl sites for hydroxylation is 2. The Kier molecular flexibility index (Phi) is 5.96. The number of hydrogen-bond acceptors (Lipinski definition) is 6. The maximum Gasteiger partial charge on any atom is 0.173 e. The van der Waals surface area contributed by atoms with E-state index in [9.17, 15) is 15.2 Å². The van der Waals surface area contributed by atoms with Crippen molar-refractivity contribution in [3.8, 4) is 11.8 Å². The number of hydrogen-bond donors (Lipinski definition) is 1. The molecule has 1 heterocycles. The van der Waals surface area contributed by atoms with Crippen molar-refractivity contribution in [3.05, 3.63) is 52.2 Å². The first-order chi connectivity index (χ1) is 11.5. The number of nitriles is 1. The summed E-state index contributed by atoms with van der Waals surface area (Å²) in [7, 11) is 1.57. The fraction of sp³-hybridized carbons (Fsp3) is 0.278. The number of ether oxygens (including phenoxy) is 1. The van der Waals surface area contributed by atoms with Gasteiger partial charge in [0, 0.05) is 18.4 Å². The van der Waals surface area contributed by atoms with Crippen LogP contribution in [-0.2, 0) is 11.3 Å². The van der Waals surface area contributed by atoms with Crippen LogP contribution in [0.1, 0.15) is 32.7 Å². The van der Waals surface area contributed by atoms with E-state index in [4.69, 9.17) is 4.74 Å². The Hall–Kier alpha value is -2.36. The van der Waals surface area contributed by atoms with Gasteiger partial charge in [-0.1, -0.05) is 11.8 Å². The molecule has 6 heteroatoms. The van der Waals surface area contributed by atoms with Crippen molar-refractivity contribution in [3.63, 3.8) is 0 Å². The molecule has 24 heavy (non-hydrogen) atoms. The maximum absolute atomic E-state index is 12.3. The zero-order valence-electron chi connectivity index (χ0n) is 13.8. The van der Waals surface area contributed by atoms with Crippen molar-refractivity contribution in [1.29, 1.82) is 5.26 Å². The Labute approximate surface area is 145 Å². The third-order valence-electron chi connectivity index (χ3n) is 3.47. The van der Waals surface area contributed by atoms with E-state index in [-0.39, 0.29) is 17.3 Å². The van der Waals surface area contributed by atoms with Gasteiger partial charge in [0.15, 0.2) is 5.78 Å². The van der Waals surface area contributed by atoms with Crippen LogP contribution in [0.25, 0.3) is 0 Å². The van der Waals surface area contributed by atoms with Gasteiger partial charge in [-0.15, -0.1) is 0 Å². The fourth-order valence-corrected chi connectivity index (χ4v) is 3.21. The van der Waals surface area contributed by atoms with Gasteiger partial charge in [0.05, 0.1) is 17.9 Å². The molecule has 124 valence electrons. The van der Waals surface area contributed by atoms with Gasteiger partial charge in [-0.2, -0.15) is 5.26 Å². The summed E-state index contributed by atoms with van der Waals surface area (Å²) in [6.07, 6.45) is 0. The average Bonchev–Trinajstić information content (AvgIpc) is 2.55. The highest BCUT2D eigenvalue weighted by atomic mass is 32.2. The number of methoxy groups -OCH3 is 1. The minimum atomic E-state index is -0.0800. The third-order valence-corrected chi connectivity index (χ3v) is 4.44. The summed E-state index contributed by atoms with van der Waals surface area (Å²) < 4.78 is 5.12. The Morgan fingerprint density at radius 1 is 1.38 bits per heavy atom. The van der Waals surface area contributed by atoms with Crippen molar-refractivity contribution in [2.75, 3.05) is 12.9 Å². The van der Waals surface area contributed by atoms with Gasteiger partial charge in [0.2, 0.25) is 0 Å². The van der Waals surface area contributed by atoms with Crippen molar-refractivity contribution in [1.82, 2.24) is 4.98 Å². The Balaban J connectivity index is 2.20. The number of carbonyl (C=O) groups is 1. The molecule has 0 saturated heterocycles. The average molecular weight is 342 g/mol. The summed E-state index contributed by atoms with van der Waals surface area (Å²) in [5, 5.41) is 19.5. The first-order valence-electron chi connectivity index (χ1n) is 7.31. The van der Waals surface area contributed by atoms with Crippen molar-refractivity contribution >= 4 is 17.5 Å². The number of pyridine rings is 1. The molecule has 0 aliphatic rings. The summed E-state index contributed by atoms with van der Waals surface area (Å²) in [5.74, 6) is 0.251. The van der Waals surface area contributed by atoms with E-state index in [1.807, 2.05) is 13.0 Å². The number of ketones is 1. The predicted molar refractivity (Wildman–Crippen MR) is 92.3 cm³/mol. The number of aromatic nitrogens is 1. The molecule has 1 N–H and O–H groups in total. The molecule has 0 aliphatic carbocycles. The second-order valence-corrected chi connectivity index (χ2v) is 6.32. The van der Waals surface area contributed by atoms with E-state index < -0.39 is 0 Å². The lowest BCUT2D eigenvalue weighted by molar-refractivity contribution is 0.102. The Bertz CT molecular complexity index is 813. The molecule has 0 atom stereocenters. The minimum absolute atomic E-state index is 0.0800. The number of nitrogens with zero attached hydrogens (tertiary/aromatic N) is 2. The second-order valence-electron chi connectivity index (χ2n) is 5.36. The topological polar surface area (TPSA) is 83.2 Å². The summed E-state index contributed by atoms with van der Waals surface area (Å²) in [4.78, 5) is 16.7. The first kappa shape index (κ1) is 18.0. The molecule has 0 unspecified atom stereocenters. The SMILES string of the molecule is COCc1cc(C)nc(SCC(=O)c2ccc(O)c(C)c2)c1C#N. The zero-order valence-corrected chi connectivity index (χ0v) is 14.6. The van der Waals surface area contributed by atoms with Crippen molar-refractivity contribution < 1.29 is 14.6 Å². The monoisotopic (exact) mass is 342 g/mol. The number of benzene rings is 1. The zero-order chi connectivity index (χ0) is 17.7. The number of phenolic OH excluding ortho intramolecular Hbond substituents is 1. The maximum atomic E-state index is 12.3. The van der Waals surface area contributed by atoms with Crippen LogP contribution in [0, 0.1) is 25.2 Å². The van der Waals surface area contributed by atoms with Gasteiger partial charge in [-0.05, 0) is 49.2 Å². The van der Waals surface area contributed by atoms with Crippen molar-refractivity contribution in [2.24, 2.45) is 0 Å². The Morgan fingerprint density at radius 2 is 2.12 bits per heavy atom. The molecule has 1 aromatic heterocycles. The molecule has 0 spiro atoms. The van der Waals surface area contributed by atoms with E-state index in [0.717, 1.165) is 11.3 Å². The van der Waals surface area contributed by atoms with Crippen molar-refractivity contribution in [2.45, 2.75) is 25.5 Å². The van der Waals surface area contributed by atoms with E-state index in [1.165, 1.54) is 17.8 Å². The summed E-state index contributed by atoms with van der Waals surface area (Å²) in [6, 6.07) is 8.72. The van der Waals surface area contributed by atoms with Gasteiger partial charge in [-0.3, -0.25) is 4.79 Å². The van der Waals surface area contributed by atoms with Crippen LogP contribution >= 0.6 is 11.8 Å². The smallest absolute Gasteiger partial charge is 0.173 e. The first-order valence-corrected chi connectivity index (χ1v) is 8.30. The quantitative estimate of drug-likeness (QED) is 0.640. The lowest BCUT2D eigenvalue weighted by Crippen LogP contribution is -2.05. The molecule has 2 aromatic rings. The molecular weight excluding hydrogens is 324 g/mol. The van der Waals surface area contributed by atoms with E-state index in [0.29, 0.717) is 28.3 Å². The highest BCUT2D eigenvalue weighted by molar-refractivity contribution is 8.00. The molecule has 2 rings (SSSR count). The second kappa shape index (κ2) is 7.95. The van der Waals surface area contributed by atoms with Crippen LogP contribution < -0.4 is 0 Å². The molecule has 0 aliphatic heterocycles. The van der Waals surface area contributed by atoms with Crippen LogP contribution in [-0.4, -0.2) is 28.7 Å². The molecular formula is C18H18N2O3S. The lowest BCUT2D eigenvalue weighted by Gasteiger charge is -2.09. The molecule has 1 aromatic carbocycles. The molecule has 0 saturated carbocycles. The van der Waals surface area contributed by atoms with E-state index in [2.05, 4.69) is 11.1 Å². The summed E-state index contributed by atoms with van der Waals surface area (Å²) in [6.45, 7) is 3.91. The fourth-order valence-electron chi connectivity index (χ4n) is 2.25. The van der Waals surface area contributed by atoms with Gasteiger partial charge in [0.1, 0.15) is 16.8 Å². The largest absolute Gasteiger partial charge is 0.508 e. The molecule has 0 fully saturated rings. The normalized spacial score (nSPS) is 10.4. The number of carbonyl (C=O) groups excluding carboxylic acids is 1. The minimum Gasteiger partial charge on any atom is -0.508 e. The van der Waals surface area contributed by atoms with Gasteiger partial charge in [-0.25, -0.2) is 4.98 Å². The van der Waals surface area contributed by atoms with Crippen LogP contribution in [0.3, 0.4) is 0 Å². The lowest BCUT2D eigenvalue weighted by atomic mass is 10.1. The van der Waals surface area contributed by atoms with Gasteiger partial charge in [0.25, 0.3) is 0 Å². The number of Topliss-reactive ketones (excluding diaryl/α,β-unsaturated/α-hetero) is 1. The number of rotatable bonds is 6. The van der Waals surface area contributed by atoms with E-state index in [1.54, 1.807) is 26.2 Å². The van der Waals surface area contributed by atoms with Crippen LogP contribution in [0.15, 0.2) is 29.3 Å². The van der Waals surface area contributed by atoms with Crippen LogP contribution in [0.5, 0.6) is 5.75 Å². The summed E-state index contributed by atoms with van der Waals surface area (Å²) in [5.41, 5.74) is 3.17. The molecule has 0 amide bonds. The van der Waals surface area contributed by atoms with Crippen LogP contribution in [0.2, 0.25) is 0 Å². The molecule has 5 nitrogen and oxygen atoms in total.